The first-order chi connectivity index (χ1) is 13.7. The quantitative estimate of drug-likeness (QED) is 0.406. The van der Waals surface area contributed by atoms with Gasteiger partial charge in [-0.1, -0.05) is 17.7 Å². The van der Waals surface area contributed by atoms with Crippen LogP contribution >= 0.6 is 11.6 Å². The molecule has 3 heterocycles. The lowest BCUT2D eigenvalue weighted by molar-refractivity contribution is -0.0283. The summed E-state index contributed by atoms with van der Waals surface area (Å²) in [4.78, 5) is 15.7. The lowest BCUT2D eigenvalue weighted by atomic mass is 9.78. The number of nitrogens with zero attached hydrogens (tertiary/aromatic N) is 4. The van der Waals surface area contributed by atoms with Crippen LogP contribution in [-0.4, -0.2) is 70.3 Å². The summed E-state index contributed by atoms with van der Waals surface area (Å²) >= 11 is 5.92. The zero-order valence-electron chi connectivity index (χ0n) is 16.4. The molecule has 3 rings (SSSR count). The maximum Gasteiger partial charge on any atom is 0.377 e. The van der Waals surface area contributed by atoms with E-state index in [0.29, 0.717) is 6.42 Å². The van der Waals surface area contributed by atoms with Gasteiger partial charge >= 0.3 is 13.0 Å². The molecule has 0 saturated carbocycles. The fraction of sp³-hybridized carbons (Fsp3) is 0.611. The number of alkyl halides is 2. The molecule has 2 bridgehead atoms. The summed E-state index contributed by atoms with van der Waals surface area (Å²) in [5, 5.41) is 18.0. The number of carbonyl (C=O) groups is 1. The zero-order valence-corrected chi connectivity index (χ0v) is 17.1. The van der Waals surface area contributed by atoms with Gasteiger partial charge in [0.25, 0.3) is 5.92 Å². The van der Waals surface area contributed by atoms with E-state index in [9.17, 15) is 18.6 Å². The average molecular weight is 429 g/mol. The fourth-order valence-corrected chi connectivity index (χ4v) is 4.64. The molecule has 2 aliphatic heterocycles. The summed E-state index contributed by atoms with van der Waals surface area (Å²) in [7, 11) is -0.961. The lowest BCUT2D eigenvalue weighted by Gasteiger charge is -2.44. The molecule has 2 aliphatic rings. The minimum Gasteiger partial charge on any atom is -0.462 e. The number of halogens is 3. The molecule has 2 saturated heterocycles. The smallest absolute Gasteiger partial charge is 0.377 e. The third-order valence-electron chi connectivity index (χ3n) is 5.53. The van der Waals surface area contributed by atoms with Gasteiger partial charge in [0, 0.05) is 25.0 Å². The molecule has 29 heavy (non-hydrogen) atoms. The largest absolute Gasteiger partial charge is 0.462 e. The highest BCUT2D eigenvalue weighted by Crippen LogP contribution is 2.47. The Labute approximate surface area is 173 Å². The van der Waals surface area contributed by atoms with Crippen molar-refractivity contribution in [1.29, 1.82) is 0 Å². The van der Waals surface area contributed by atoms with Gasteiger partial charge in [0.15, 0.2) is 11.0 Å². The van der Waals surface area contributed by atoms with E-state index in [1.54, 1.807) is 17.9 Å². The molecule has 2 fully saturated rings. The summed E-state index contributed by atoms with van der Waals surface area (Å²) in [6.07, 6.45) is 1.80. The number of hydrogen-bond acceptors (Lipinski definition) is 7. The van der Waals surface area contributed by atoms with E-state index in [0.717, 1.165) is 0 Å². The minimum atomic E-state index is -2.90. The Balaban J connectivity index is 1.96. The number of hydrogen-bond donors (Lipinski definition) is 1. The first-order valence-electron chi connectivity index (χ1n) is 9.60. The van der Waals surface area contributed by atoms with Gasteiger partial charge < -0.3 is 19.5 Å². The summed E-state index contributed by atoms with van der Waals surface area (Å²) in [5.74, 6) is -3.28. The third kappa shape index (κ3) is 4.24. The van der Waals surface area contributed by atoms with Crippen LogP contribution in [-0.2, 0) is 4.74 Å². The fourth-order valence-electron chi connectivity index (χ4n) is 4.50. The van der Waals surface area contributed by atoms with Gasteiger partial charge in [-0.05, 0) is 32.7 Å². The number of carbonyl (C=O) groups excluding carboxylic acids is 1. The van der Waals surface area contributed by atoms with E-state index in [-0.39, 0.29) is 48.6 Å². The molecule has 0 amide bonds. The Morgan fingerprint density at radius 1 is 1.55 bits per heavy atom. The van der Waals surface area contributed by atoms with Crippen molar-refractivity contribution < 1.29 is 23.3 Å². The van der Waals surface area contributed by atoms with Gasteiger partial charge in [-0.3, -0.25) is 0 Å². The van der Waals surface area contributed by atoms with Crippen LogP contribution in [0.4, 0.5) is 14.6 Å². The molecule has 1 unspecified atom stereocenters. The van der Waals surface area contributed by atoms with Crippen molar-refractivity contribution >= 4 is 30.4 Å². The van der Waals surface area contributed by atoms with Crippen molar-refractivity contribution in [2.24, 2.45) is 0 Å². The van der Waals surface area contributed by atoms with Crippen LogP contribution in [0.3, 0.4) is 0 Å². The molecule has 0 aromatic carbocycles. The Kier molecular flexibility index (Phi) is 6.45. The predicted molar refractivity (Wildman–Crippen MR) is 106 cm³/mol. The molecule has 0 spiro atoms. The number of fused-ring (bicyclic) bond motifs is 2. The Morgan fingerprint density at radius 3 is 2.86 bits per heavy atom. The second kappa shape index (κ2) is 8.53. The standard InChI is InChI=1S/C18H24BClF2N4O3/c1-4-6-25(16-13(17(27)29-5-2)9-15(20)23-24-16)11-7-12-10-18(21,22)14(8-11)26(12)19(3)28/h4,9,11-12,14,28H,1,5-8,10H2,2-3H3/t11-,12+,14?/m1/s1. The first kappa shape index (κ1) is 21.9. The Hall–Kier alpha value is -1.78. The van der Waals surface area contributed by atoms with Gasteiger partial charge in [-0.25, -0.2) is 13.6 Å². The SMILES string of the molecule is C=CCN(c1nnc(Cl)cc1C(=O)OCC)[C@H]1CC2N(B(C)O)[C@@H](C1)CC2(F)F. The molecule has 1 aromatic rings. The van der Waals surface area contributed by atoms with E-state index >= 15 is 0 Å². The molecule has 3 atom stereocenters. The molecule has 1 aromatic heterocycles. The highest BCUT2D eigenvalue weighted by molar-refractivity contribution is 6.45. The van der Waals surface area contributed by atoms with Crippen LogP contribution in [0, 0.1) is 0 Å². The van der Waals surface area contributed by atoms with Gasteiger partial charge in [-0.15, -0.1) is 16.8 Å². The van der Waals surface area contributed by atoms with Crippen LogP contribution in [0.15, 0.2) is 18.7 Å². The minimum absolute atomic E-state index is 0.0332. The summed E-state index contributed by atoms with van der Waals surface area (Å²) in [6.45, 7) is 7.39. The summed E-state index contributed by atoms with van der Waals surface area (Å²) in [6, 6.07) is -0.543. The third-order valence-corrected chi connectivity index (χ3v) is 5.71. The van der Waals surface area contributed by atoms with Crippen molar-refractivity contribution in [3.8, 4) is 0 Å². The Morgan fingerprint density at radius 2 is 2.28 bits per heavy atom. The maximum absolute atomic E-state index is 14.6. The Bertz CT molecular complexity index is 785. The van der Waals surface area contributed by atoms with Crippen LogP contribution < -0.4 is 4.90 Å². The van der Waals surface area contributed by atoms with Gasteiger partial charge in [0.1, 0.15) is 5.56 Å². The number of rotatable bonds is 7. The van der Waals surface area contributed by atoms with Gasteiger partial charge in [0.05, 0.1) is 12.6 Å². The second-order valence-electron chi connectivity index (χ2n) is 7.40. The highest BCUT2D eigenvalue weighted by Gasteiger charge is 2.59. The average Bonchev–Trinajstić information content (AvgIpc) is 2.81. The number of anilines is 1. The molecule has 1 N–H and O–H groups in total. The van der Waals surface area contributed by atoms with Crippen LogP contribution in [0.5, 0.6) is 0 Å². The lowest BCUT2D eigenvalue weighted by Crippen LogP contribution is -2.57. The van der Waals surface area contributed by atoms with Crippen LogP contribution in [0.1, 0.15) is 36.5 Å². The second-order valence-corrected chi connectivity index (χ2v) is 7.79. The van der Waals surface area contributed by atoms with Crippen molar-refractivity contribution in [1.82, 2.24) is 15.0 Å². The monoisotopic (exact) mass is 428 g/mol. The number of esters is 1. The topological polar surface area (TPSA) is 78.8 Å². The molecule has 158 valence electrons. The summed E-state index contributed by atoms with van der Waals surface area (Å²) in [5.41, 5.74) is 0.130. The maximum atomic E-state index is 14.6. The number of ether oxygens (including phenoxy) is 1. The van der Waals surface area contributed by atoms with Crippen LogP contribution in [0.25, 0.3) is 0 Å². The normalized spacial score (nSPS) is 25.5. The van der Waals surface area contributed by atoms with E-state index in [1.165, 1.54) is 17.7 Å². The van der Waals surface area contributed by atoms with Crippen LogP contribution in [0.2, 0.25) is 12.0 Å². The molecule has 7 nitrogen and oxygen atoms in total. The van der Waals surface area contributed by atoms with E-state index in [1.807, 2.05) is 0 Å². The molecule has 0 radical (unpaired) electrons. The molecule has 0 aliphatic carbocycles. The molecular weight excluding hydrogens is 404 g/mol. The van der Waals surface area contributed by atoms with Crippen molar-refractivity contribution in [2.45, 2.75) is 57.1 Å². The van der Waals surface area contributed by atoms with Crippen molar-refractivity contribution in [3.63, 3.8) is 0 Å². The van der Waals surface area contributed by atoms with Crippen molar-refractivity contribution in [3.05, 3.63) is 29.4 Å². The van der Waals surface area contributed by atoms with E-state index in [4.69, 9.17) is 16.3 Å². The number of piperidine rings is 1. The highest BCUT2D eigenvalue weighted by atomic mass is 35.5. The van der Waals surface area contributed by atoms with Crippen molar-refractivity contribution in [2.75, 3.05) is 18.1 Å². The summed E-state index contributed by atoms with van der Waals surface area (Å²) < 4.78 is 34.3. The van der Waals surface area contributed by atoms with E-state index < -0.39 is 31.0 Å². The predicted octanol–water partition coefficient (Wildman–Crippen LogP) is 2.65. The zero-order chi connectivity index (χ0) is 21.3. The molecular formula is C18H24BClF2N4O3. The first-order valence-corrected chi connectivity index (χ1v) is 9.98. The van der Waals surface area contributed by atoms with Gasteiger partial charge in [0.2, 0.25) is 0 Å². The number of aromatic nitrogens is 2. The van der Waals surface area contributed by atoms with Gasteiger partial charge in [-0.2, -0.15) is 0 Å². The molecule has 11 heteroatoms. The van der Waals surface area contributed by atoms with E-state index in [2.05, 4.69) is 16.8 Å².